The van der Waals surface area contributed by atoms with Crippen LogP contribution in [-0.2, 0) is 11.2 Å². The molecule has 2 aromatic carbocycles. The van der Waals surface area contributed by atoms with Crippen molar-refractivity contribution in [2.45, 2.75) is 26.2 Å². The zero-order chi connectivity index (χ0) is 16.9. The molecule has 0 fully saturated rings. The van der Waals surface area contributed by atoms with Crippen molar-refractivity contribution in [3.63, 3.8) is 0 Å². The van der Waals surface area contributed by atoms with Gasteiger partial charge in [0.15, 0.2) is 0 Å². The fraction of sp³-hybridized carbons (Fsp3) is 0.227. The number of rotatable bonds is 5. The molecule has 122 valence electrons. The molecule has 0 saturated carbocycles. The minimum atomic E-state index is 0.200. The minimum absolute atomic E-state index is 0.200. The topological polar surface area (TPSA) is 17.1 Å². The smallest absolute Gasteiger partial charge is 0.141 e. The van der Waals surface area contributed by atoms with Crippen LogP contribution in [0.4, 0.5) is 0 Å². The van der Waals surface area contributed by atoms with Gasteiger partial charge in [-0.25, -0.2) is 0 Å². The van der Waals surface area contributed by atoms with Gasteiger partial charge in [-0.15, -0.1) is 0 Å². The zero-order valence-corrected chi connectivity index (χ0v) is 14.6. The first-order valence-corrected chi connectivity index (χ1v) is 8.73. The molecule has 0 spiro atoms. The second-order valence-electron chi connectivity index (χ2n) is 6.37. The van der Waals surface area contributed by atoms with Gasteiger partial charge in [0, 0.05) is 17.9 Å². The Bertz CT molecular complexity index is 787. The predicted octanol–water partition coefficient (Wildman–Crippen LogP) is 5.94. The molecular formula is C22H21ClO. The lowest BCUT2D eigenvalue weighted by atomic mass is 9.92. The summed E-state index contributed by atoms with van der Waals surface area (Å²) in [5.41, 5.74) is 4.31. The van der Waals surface area contributed by atoms with Crippen LogP contribution < -0.4 is 0 Å². The van der Waals surface area contributed by atoms with E-state index < -0.39 is 0 Å². The number of halogens is 1. The van der Waals surface area contributed by atoms with Crippen LogP contribution in [0.1, 0.15) is 25.3 Å². The van der Waals surface area contributed by atoms with E-state index in [2.05, 4.69) is 31.2 Å². The minimum Gasteiger partial charge on any atom is -0.299 e. The largest absolute Gasteiger partial charge is 0.299 e. The number of ketones is 1. The van der Waals surface area contributed by atoms with Crippen molar-refractivity contribution in [1.82, 2.24) is 0 Å². The Balaban J connectivity index is 1.75. The molecule has 0 bridgehead atoms. The van der Waals surface area contributed by atoms with E-state index in [4.69, 9.17) is 11.6 Å². The molecule has 0 aromatic heterocycles. The monoisotopic (exact) mass is 336 g/mol. The Morgan fingerprint density at radius 2 is 1.75 bits per heavy atom. The van der Waals surface area contributed by atoms with Crippen molar-refractivity contribution < 1.29 is 4.79 Å². The van der Waals surface area contributed by atoms with E-state index in [1.54, 1.807) is 0 Å². The maximum Gasteiger partial charge on any atom is 0.141 e. The van der Waals surface area contributed by atoms with E-state index in [0.717, 1.165) is 33.7 Å². The molecule has 0 aliphatic heterocycles. The molecule has 1 unspecified atom stereocenters. The molecule has 0 amide bonds. The van der Waals surface area contributed by atoms with Crippen LogP contribution in [0.25, 0.3) is 11.1 Å². The second-order valence-corrected chi connectivity index (χ2v) is 6.78. The first kappa shape index (κ1) is 16.7. The molecule has 3 rings (SSSR count). The summed E-state index contributed by atoms with van der Waals surface area (Å²) < 4.78 is 0. The molecule has 0 heterocycles. The van der Waals surface area contributed by atoms with Crippen LogP contribution in [0.15, 0.2) is 77.4 Å². The van der Waals surface area contributed by atoms with Gasteiger partial charge in [-0.1, -0.05) is 85.3 Å². The van der Waals surface area contributed by atoms with Gasteiger partial charge in [0.05, 0.1) is 0 Å². The van der Waals surface area contributed by atoms with Crippen LogP contribution >= 0.6 is 11.6 Å². The first-order chi connectivity index (χ1) is 11.6. The Hall–Kier alpha value is -2.12. The third-order valence-corrected chi connectivity index (χ3v) is 4.72. The number of carbonyl (C=O) groups is 1. The lowest BCUT2D eigenvalue weighted by Crippen LogP contribution is -2.08. The summed E-state index contributed by atoms with van der Waals surface area (Å²) >= 11 is 6.29. The van der Waals surface area contributed by atoms with Crippen molar-refractivity contribution in [3.8, 4) is 11.1 Å². The number of hydrogen-bond donors (Lipinski definition) is 0. The molecule has 2 heteroatoms. The van der Waals surface area contributed by atoms with Crippen LogP contribution in [0.2, 0.25) is 0 Å². The van der Waals surface area contributed by atoms with Crippen LogP contribution in [-0.4, -0.2) is 5.78 Å². The SMILES string of the molecule is CC1C=C(Cl)C(CC(=O)Cc2ccccc2-c2ccccc2)=CC1. The average Bonchev–Trinajstić information content (AvgIpc) is 2.59. The van der Waals surface area contributed by atoms with Gasteiger partial charge in [-0.05, 0) is 34.6 Å². The van der Waals surface area contributed by atoms with Gasteiger partial charge < -0.3 is 0 Å². The average molecular weight is 337 g/mol. The molecule has 1 aliphatic rings. The third-order valence-electron chi connectivity index (χ3n) is 4.35. The summed E-state index contributed by atoms with van der Waals surface area (Å²) in [5.74, 6) is 0.654. The lowest BCUT2D eigenvalue weighted by Gasteiger charge is -2.15. The Morgan fingerprint density at radius 1 is 1.04 bits per heavy atom. The van der Waals surface area contributed by atoms with E-state index in [1.165, 1.54) is 0 Å². The fourth-order valence-electron chi connectivity index (χ4n) is 3.07. The summed E-state index contributed by atoms with van der Waals surface area (Å²) in [7, 11) is 0. The van der Waals surface area contributed by atoms with E-state index in [0.29, 0.717) is 18.8 Å². The standard InChI is InChI=1S/C22H21ClO/c1-16-11-12-19(22(23)13-16)15-20(24)14-18-9-5-6-10-21(18)17-7-3-2-4-8-17/h2-10,12-13,16H,11,14-15H2,1H3. The Labute approximate surface area is 148 Å². The van der Waals surface area contributed by atoms with Gasteiger partial charge >= 0.3 is 0 Å². The third kappa shape index (κ3) is 4.04. The van der Waals surface area contributed by atoms with E-state index in [1.807, 2.05) is 42.5 Å². The maximum atomic E-state index is 12.6. The summed E-state index contributed by atoms with van der Waals surface area (Å²) in [6, 6.07) is 18.3. The zero-order valence-electron chi connectivity index (χ0n) is 13.8. The van der Waals surface area contributed by atoms with Gasteiger partial charge in [0.25, 0.3) is 0 Å². The molecule has 1 aliphatic carbocycles. The van der Waals surface area contributed by atoms with Crippen molar-refractivity contribution in [1.29, 1.82) is 0 Å². The summed E-state index contributed by atoms with van der Waals surface area (Å²) in [5, 5.41) is 0.735. The molecule has 1 nitrogen and oxygen atoms in total. The summed E-state index contributed by atoms with van der Waals surface area (Å²) in [4.78, 5) is 12.6. The van der Waals surface area contributed by atoms with Crippen LogP contribution in [0.3, 0.4) is 0 Å². The Morgan fingerprint density at radius 3 is 2.50 bits per heavy atom. The molecule has 0 N–H and O–H groups in total. The second kappa shape index (κ2) is 7.63. The molecule has 24 heavy (non-hydrogen) atoms. The maximum absolute atomic E-state index is 12.6. The summed E-state index contributed by atoms with van der Waals surface area (Å²) in [6.07, 6.45) is 5.95. The molecular weight excluding hydrogens is 316 g/mol. The lowest BCUT2D eigenvalue weighted by molar-refractivity contribution is -0.117. The van der Waals surface area contributed by atoms with Crippen molar-refractivity contribution in [3.05, 3.63) is 82.9 Å². The van der Waals surface area contributed by atoms with E-state index >= 15 is 0 Å². The number of carbonyl (C=O) groups excluding carboxylic acids is 1. The first-order valence-electron chi connectivity index (χ1n) is 8.35. The highest BCUT2D eigenvalue weighted by atomic mass is 35.5. The molecule has 0 radical (unpaired) electrons. The van der Waals surface area contributed by atoms with Gasteiger partial charge in [0.1, 0.15) is 5.78 Å². The molecule has 0 saturated heterocycles. The number of allylic oxidation sites excluding steroid dienone is 4. The fourth-order valence-corrected chi connectivity index (χ4v) is 3.43. The normalized spacial score (nSPS) is 17.2. The van der Waals surface area contributed by atoms with Crippen LogP contribution in [0.5, 0.6) is 0 Å². The van der Waals surface area contributed by atoms with Crippen molar-refractivity contribution in [2.75, 3.05) is 0 Å². The predicted molar refractivity (Wildman–Crippen MR) is 101 cm³/mol. The van der Waals surface area contributed by atoms with Gasteiger partial charge in [-0.3, -0.25) is 4.79 Å². The Kier molecular flexibility index (Phi) is 5.32. The molecule has 2 aromatic rings. The highest BCUT2D eigenvalue weighted by Gasteiger charge is 2.16. The number of benzene rings is 2. The van der Waals surface area contributed by atoms with Crippen molar-refractivity contribution >= 4 is 17.4 Å². The van der Waals surface area contributed by atoms with Gasteiger partial charge in [-0.2, -0.15) is 0 Å². The van der Waals surface area contributed by atoms with Crippen LogP contribution in [0, 0.1) is 5.92 Å². The van der Waals surface area contributed by atoms with Gasteiger partial charge in [0.2, 0.25) is 0 Å². The number of Topliss-reactive ketones (excluding diaryl/α,β-unsaturated/α-hetero) is 1. The van der Waals surface area contributed by atoms with Crippen molar-refractivity contribution in [2.24, 2.45) is 5.92 Å². The summed E-state index contributed by atoms with van der Waals surface area (Å²) in [6.45, 7) is 2.13. The number of hydrogen-bond acceptors (Lipinski definition) is 1. The van der Waals surface area contributed by atoms with E-state index in [9.17, 15) is 4.79 Å². The highest BCUT2D eigenvalue weighted by molar-refractivity contribution is 6.32. The quantitative estimate of drug-likeness (QED) is 0.660. The van der Waals surface area contributed by atoms with E-state index in [-0.39, 0.29) is 5.78 Å². The molecule has 1 atom stereocenters. The highest BCUT2D eigenvalue weighted by Crippen LogP contribution is 2.29.